The number of nitrogens with zero attached hydrogens (tertiary/aromatic N) is 1. The molecule has 0 saturated carbocycles. The minimum absolute atomic E-state index is 0.597. The van der Waals surface area contributed by atoms with Crippen LogP contribution in [0.25, 0.3) is 0 Å². The minimum atomic E-state index is 0.597. The third-order valence-electron chi connectivity index (χ3n) is 2.10. The highest BCUT2D eigenvalue weighted by Crippen LogP contribution is 2.24. The third-order valence-corrected chi connectivity index (χ3v) is 2.90. The van der Waals surface area contributed by atoms with E-state index in [2.05, 4.69) is 38.1 Å². The lowest BCUT2D eigenvalue weighted by Gasteiger charge is -2.11. The summed E-state index contributed by atoms with van der Waals surface area (Å²) in [6.07, 6.45) is 0. The minimum Gasteiger partial charge on any atom is -0.246 e. The molecule has 11 heavy (non-hydrogen) atoms. The molecule has 0 aliphatic rings. The van der Waals surface area contributed by atoms with Crippen LogP contribution in [0.15, 0.2) is 5.38 Å². The first-order chi connectivity index (χ1) is 5.11. The van der Waals surface area contributed by atoms with Gasteiger partial charge < -0.3 is 0 Å². The largest absolute Gasteiger partial charge is 0.246 e. The van der Waals surface area contributed by atoms with Crippen molar-refractivity contribution in [3.8, 4) is 0 Å². The Morgan fingerprint density at radius 1 is 1.36 bits per heavy atom. The summed E-state index contributed by atoms with van der Waals surface area (Å²) in [5.74, 6) is 1.29. The molecule has 0 aromatic carbocycles. The van der Waals surface area contributed by atoms with E-state index in [1.807, 2.05) is 0 Å². The van der Waals surface area contributed by atoms with Crippen molar-refractivity contribution in [2.24, 2.45) is 5.92 Å². The molecule has 1 nitrogen and oxygen atoms in total. The SMILES string of the molecule is Cc1nc(C(C)C(C)C)cs1. The highest BCUT2D eigenvalue weighted by molar-refractivity contribution is 7.09. The first-order valence-corrected chi connectivity index (χ1v) is 4.91. The van der Waals surface area contributed by atoms with E-state index in [0.29, 0.717) is 11.8 Å². The number of thiazole rings is 1. The molecule has 0 N–H and O–H groups in total. The van der Waals surface area contributed by atoms with Crippen LogP contribution < -0.4 is 0 Å². The quantitative estimate of drug-likeness (QED) is 0.662. The van der Waals surface area contributed by atoms with Gasteiger partial charge in [-0.25, -0.2) is 4.98 Å². The van der Waals surface area contributed by atoms with Crippen molar-refractivity contribution in [2.75, 3.05) is 0 Å². The predicted octanol–water partition coefficient (Wildman–Crippen LogP) is 3.21. The lowest BCUT2D eigenvalue weighted by Crippen LogP contribution is -2.01. The fourth-order valence-corrected chi connectivity index (χ4v) is 1.65. The van der Waals surface area contributed by atoms with Gasteiger partial charge in [-0.15, -0.1) is 11.3 Å². The molecule has 0 fully saturated rings. The number of aromatic nitrogens is 1. The van der Waals surface area contributed by atoms with Gasteiger partial charge in [0.25, 0.3) is 0 Å². The molecule has 1 aromatic rings. The standard InChI is InChI=1S/C9H15NS/c1-6(2)7(3)9-5-11-8(4)10-9/h5-7H,1-4H3. The Labute approximate surface area is 72.5 Å². The fourth-order valence-electron chi connectivity index (χ4n) is 0.931. The molecule has 0 aliphatic carbocycles. The lowest BCUT2D eigenvalue weighted by atomic mass is 9.96. The van der Waals surface area contributed by atoms with Crippen LogP contribution in [0.3, 0.4) is 0 Å². The Kier molecular flexibility index (Phi) is 2.66. The first-order valence-electron chi connectivity index (χ1n) is 4.03. The maximum Gasteiger partial charge on any atom is 0.0897 e. The molecular formula is C9H15NS. The zero-order valence-electron chi connectivity index (χ0n) is 7.59. The Morgan fingerprint density at radius 3 is 2.36 bits per heavy atom. The average Bonchev–Trinajstić information content (AvgIpc) is 2.34. The van der Waals surface area contributed by atoms with E-state index in [4.69, 9.17) is 0 Å². The Bertz CT molecular complexity index is 227. The van der Waals surface area contributed by atoms with Crippen LogP contribution in [-0.4, -0.2) is 4.98 Å². The molecule has 62 valence electrons. The Morgan fingerprint density at radius 2 is 2.00 bits per heavy atom. The summed E-state index contributed by atoms with van der Waals surface area (Å²) in [4.78, 5) is 4.45. The second-order valence-electron chi connectivity index (χ2n) is 3.32. The van der Waals surface area contributed by atoms with E-state index in [1.165, 1.54) is 10.7 Å². The maximum atomic E-state index is 4.45. The van der Waals surface area contributed by atoms with Gasteiger partial charge in [-0.3, -0.25) is 0 Å². The molecule has 1 heterocycles. The number of rotatable bonds is 2. The van der Waals surface area contributed by atoms with Gasteiger partial charge in [-0.1, -0.05) is 20.8 Å². The molecule has 0 spiro atoms. The molecule has 0 aliphatic heterocycles. The summed E-state index contributed by atoms with van der Waals surface area (Å²) in [5.41, 5.74) is 1.25. The summed E-state index contributed by atoms with van der Waals surface area (Å²) in [6.45, 7) is 8.76. The molecule has 1 aromatic heterocycles. The molecule has 1 rings (SSSR count). The van der Waals surface area contributed by atoms with E-state index in [0.717, 1.165) is 0 Å². The summed E-state index contributed by atoms with van der Waals surface area (Å²) in [7, 11) is 0. The van der Waals surface area contributed by atoms with Gasteiger partial charge in [0, 0.05) is 11.3 Å². The van der Waals surface area contributed by atoms with Crippen molar-refractivity contribution in [3.05, 3.63) is 16.1 Å². The topological polar surface area (TPSA) is 12.9 Å². The van der Waals surface area contributed by atoms with Gasteiger partial charge >= 0.3 is 0 Å². The lowest BCUT2D eigenvalue weighted by molar-refractivity contribution is 0.525. The van der Waals surface area contributed by atoms with E-state index in [1.54, 1.807) is 11.3 Å². The first kappa shape index (κ1) is 8.72. The second kappa shape index (κ2) is 3.35. The molecule has 0 radical (unpaired) electrons. The maximum absolute atomic E-state index is 4.45. The fraction of sp³-hybridized carbons (Fsp3) is 0.667. The molecule has 0 bridgehead atoms. The van der Waals surface area contributed by atoms with E-state index in [-0.39, 0.29) is 0 Å². The van der Waals surface area contributed by atoms with Crippen LogP contribution >= 0.6 is 11.3 Å². The smallest absolute Gasteiger partial charge is 0.0897 e. The van der Waals surface area contributed by atoms with Crippen molar-refractivity contribution >= 4 is 11.3 Å². The van der Waals surface area contributed by atoms with Crippen molar-refractivity contribution in [3.63, 3.8) is 0 Å². The summed E-state index contributed by atoms with van der Waals surface area (Å²) in [5, 5.41) is 3.34. The van der Waals surface area contributed by atoms with E-state index in [9.17, 15) is 0 Å². The Hall–Kier alpha value is -0.370. The number of aryl methyl sites for hydroxylation is 1. The van der Waals surface area contributed by atoms with Crippen molar-refractivity contribution in [2.45, 2.75) is 33.6 Å². The normalized spacial score (nSPS) is 13.9. The van der Waals surface area contributed by atoms with Crippen LogP contribution in [0, 0.1) is 12.8 Å². The van der Waals surface area contributed by atoms with Gasteiger partial charge in [-0.2, -0.15) is 0 Å². The van der Waals surface area contributed by atoms with Crippen LogP contribution in [0.4, 0.5) is 0 Å². The van der Waals surface area contributed by atoms with Crippen molar-refractivity contribution < 1.29 is 0 Å². The number of hydrogen-bond acceptors (Lipinski definition) is 2. The molecule has 2 heteroatoms. The molecule has 1 unspecified atom stereocenters. The summed E-state index contributed by atoms with van der Waals surface area (Å²) >= 11 is 1.74. The summed E-state index contributed by atoms with van der Waals surface area (Å²) in [6, 6.07) is 0. The van der Waals surface area contributed by atoms with E-state index >= 15 is 0 Å². The predicted molar refractivity (Wildman–Crippen MR) is 50.1 cm³/mol. The monoisotopic (exact) mass is 169 g/mol. The molecule has 0 amide bonds. The molecule has 0 saturated heterocycles. The van der Waals surface area contributed by atoms with Crippen LogP contribution in [-0.2, 0) is 0 Å². The van der Waals surface area contributed by atoms with Crippen LogP contribution in [0.1, 0.15) is 37.4 Å². The second-order valence-corrected chi connectivity index (χ2v) is 4.39. The molecule has 1 atom stereocenters. The van der Waals surface area contributed by atoms with Gasteiger partial charge in [0.05, 0.1) is 10.7 Å². The zero-order valence-corrected chi connectivity index (χ0v) is 8.40. The highest BCUT2D eigenvalue weighted by atomic mass is 32.1. The molecular weight excluding hydrogens is 154 g/mol. The van der Waals surface area contributed by atoms with Gasteiger partial charge in [0.2, 0.25) is 0 Å². The summed E-state index contributed by atoms with van der Waals surface area (Å²) < 4.78 is 0. The Balaban J connectivity index is 2.76. The van der Waals surface area contributed by atoms with Crippen LogP contribution in [0.5, 0.6) is 0 Å². The van der Waals surface area contributed by atoms with Crippen molar-refractivity contribution in [1.29, 1.82) is 0 Å². The van der Waals surface area contributed by atoms with E-state index < -0.39 is 0 Å². The van der Waals surface area contributed by atoms with Crippen molar-refractivity contribution in [1.82, 2.24) is 4.98 Å². The zero-order chi connectivity index (χ0) is 8.43. The van der Waals surface area contributed by atoms with Gasteiger partial charge in [0.15, 0.2) is 0 Å². The number of hydrogen-bond donors (Lipinski definition) is 0. The average molecular weight is 169 g/mol. The highest BCUT2D eigenvalue weighted by Gasteiger charge is 2.11. The third kappa shape index (κ3) is 2.03. The van der Waals surface area contributed by atoms with Gasteiger partial charge in [0.1, 0.15) is 0 Å². The van der Waals surface area contributed by atoms with Crippen LogP contribution in [0.2, 0.25) is 0 Å². The van der Waals surface area contributed by atoms with Gasteiger partial charge in [-0.05, 0) is 12.8 Å².